The molecule has 1 aromatic rings. The number of anilines is 1. The van der Waals surface area contributed by atoms with Crippen LogP contribution < -0.4 is 19.1 Å². The van der Waals surface area contributed by atoms with Gasteiger partial charge in [0.1, 0.15) is 5.75 Å². The Morgan fingerprint density at radius 1 is 1.06 bits per heavy atom. The number of benzene rings is 1. The highest BCUT2D eigenvalue weighted by Gasteiger charge is 2.14. The Labute approximate surface area is 107 Å². The second-order valence-electron chi connectivity index (χ2n) is 3.71. The van der Waals surface area contributed by atoms with Gasteiger partial charge in [0.15, 0.2) is 11.5 Å². The predicted octanol–water partition coefficient (Wildman–Crippen LogP) is 2.06. The van der Waals surface area contributed by atoms with Gasteiger partial charge in [-0.2, -0.15) is 5.26 Å². The zero-order chi connectivity index (χ0) is 13.5. The molecule has 5 heteroatoms. The molecule has 0 aromatic heterocycles. The summed E-state index contributed by atoms with van der Waals surface area (Å²) in [5.41, 5.74) is 0.866. The lowest BCUT2D eigenvalue weighted by atomic mass is 10.2. The van der Waals surface area contributed by atoms with Crippen LogP contribution in [0, 0.1) is 11.3 Å². The van der Waals surface area contributed by atoms with Crippen LogP contribution in [0.2, 0.25) is 0 Å². The normalized spacial score (nSPS) is 9.50. The molecule has 0 unspecified atom stereocenters. The largest absolute Gasteiger partial charge is 0.494 e. The molecular weight excluding hydrogens is 232 g/mol. The van der Waals surface area contributed by atoms with Gasteiger partial charge in [-0.05, 0) is 0 Å². The van der Waals surface area contributed by atoms with E-state index >= 15 is 0 Å². The first kappa shape index (κ1) is 14.0. The summed E-state index contributed by atoms with van der Waals surface area (Å²) in [6, 6.07) is 5.74. The first-order valence-electron chi connectivity index (χ1n) is 5.56. The molecule has 98 valence electrons. The quantitative estimate of drug-likeness (QED) is 0.773. The van der Waals surface area contributed by atoms with Crippen LogP contribution in [0.15, 0.2) is 12.1 Å². The molecule has 0 saturated carbocycles. The molecule has 0 bridgehead atoms. The van der Waals surface area contributed by atoms with Crippen molar-refractivity contribution in [1.29, 1.82) is 5.26 Å². The van der Waals surface area contributed by atoms with E-state index in [0.29, 0.717) is 30.2 Å². The summed E-state index contributed by atoms with van der Waals surface area (Å²) in [5, 5.41) is 8.62. The minimum atomic E-state index is 0.452. The molecule has 0 aliphatic rings. The predicted molar refractivity (Wildman–Crippen MR) is 69.6 cm³/mol. The van der Waals surface area contributed by atoms with Gasteiger partial charge < -0.3 is 19.1 Å². The van der Waals surface area contributed by atoms with Crippen molar-refractivity contribution in [2.45, 2.75) is 6.42 Å². The summed E-state index contributed by atoms with van der Waals surface area (Å²) >= 11 is 0. The van der Waals surface area contributed by atoms with Crippen molar-refractivity contribution in [1.82, 2.24) is 0 Å². The van der Waals surface area contributed by atoms with Crippen molar-refractivity contribution in [2.75, 3.05) is 39.8 Å². The van der Waals surface area contributed by atoms with Crippen molar-refractivity contribution in [3.05, 3.63) is 12.1 Å². The molecular formula is C13H18N2O3. The first-order valence-corrected chi connectivity index (χ1v) is 5.56. The first-order chi connectivity index (χ1) is 8.67. The number of hydrogen-bond donors (Lipinski definition) is 0. The van der Waals surface area contributed by atoms with Crippen LogP contribution in [-0.4, -0.2) is 34.9 Å². The molecule has 1 aromatic carbocycles. The maximum atomic E-state index is 8.62. The highest BCUT2D eigenvalue weighted by Crippen LogP contribution is 2.39. The molecule has 5 nitrogen and oxygen atoms in total. The highest BCUT2D eigenvalue weighted by molar-refractivity contribution is 5.65. The number of rotatable bonds is 6. The van der Waals surface area contributed by atoms with Crippen LogP contribution in [0.4, 0.5) is 5.69 Å². The Morgan fingerprint density at radius 2 is 1.61 bits per heavy atom. The topological polar surface area (TPSA) is 54.7 Å². The number of ether oxygens (including phenoxy) is 3. The van der Waals surface area contributed by atoms with E-state index in [1.165, 1.54) is 0 Å². The third-order valence-electron chi connectivity index (χ3n) is 2.66. The fourth-order valence-corrected chi connectivity index (χ4v) is 1.65. The Balaban J connectivity index is 3.13. The molecule has 0 spiro atoms. The van der Waals surface area contributed by atoms with E-state index < -0.39 is 0 Å². The summed E-state index contributed by atoms with van der Waals surface area (Å²) < 4.78 is 15.8. The zero-order valence-electron chi connectivity index (χ0n) is 11.2. The monoisotopic (exact) mass is 250 g/mol. The van der Waals surface area contributed by atoms with Gasteiger partial charge in [0, 0.05) is 25.7 Å². The van der Waals surface area contributed by atoms with E-state index in [1.807, 2.05) is 18.0 Å². The molecule has 0 saturated heterocycles. The van der Waals surface area contributed by atoms with Gasteiger partial charge >= 0.3 is 0 Å². The smallest absolute Gasteiger partial charge is 0.164 e. The summed E-state index contributed by atoms with van der Waals surface area (Å²) in [6.45, 7) is 0.627. The number of methoxy groups -OCH3 is 3. The zero-order valence-corrected chi connectivity index (χ0v) is 11.2. The minimum Gasteiger partial charge on any atom is -0.494 e. The third-order valence-corrected chi connectivity index (χ3v) is 2.66. The summed E-state index contributed by atoms with van der Waals surface area (Å²) in [7, 11) is 6.67. The lowest BCUT2D eigenvalue weighted by molar-refractivity contribution is 0.349. The average molecular weight is 250 g/mol. The van der Waals surface area contributed by atoms with Gasteiger partial charge in [-0.15, -0.1) is 0 Å². The van der Waals surface area contributed by atoms with Gasteiger partial charge in [-0.3, -0.25) is 0 Å². The second-order valence-corrected chi connectivity index (χ2v) is 3.71. The third kappa shape index (κ3) is 2.98. The van der Waals surface area contributed by atoms with E-state index in [4.69, 9.17) is 19.5 Å². The fourth-order valence-electron chi connectivity index (χ4n) is 1.65. The fraction of sp³-hybridized carbons (Fsp3) is 0.462. The van der Waals surface area contributed by atoms with Crippen LogP contribution in [-0.2, 0) is 0 Å². The lowest BCUT2D eigenvalue weighted by Crippen LogP contribution is -2.19. The Hall–Kier alpha value is -2.09. The van der Waals surface area contributed by atoms with Crippen molar-refractivity contribution < 1.29 is 14.2 Å². The molecule has 0 N–H and O–H groups in total. The van der Waals surface area contributed by atoms with Crippen LogP contribution >= 0.6 is 0 Å². The molecule has 0 aliphatic carbocycles. The summed E-state index contributed by atoms with van der Waals surface area (Å²) in [4.78, 5) is 1.95. The van der Waals surface area contributed by atoms with Gasteiger partial charge in [-0.1, -0.05) is 0 Å². The van der Waals surface area contributed by atoms with Gasteiger partial charge in [0.05, 0.1) is 39.5 Å². The molecule has 0 atom stereocenters. The SMILES string of the molecule is COc1cc(OC)c(N(C)CCC#N)cc1OC. The highest BCUT2D eigenvalue weighted by atomic mass is 16.5. The molecule has 0 fully saturated rings. The Kier molecular flexibility index (Phi) is 5.12. The number of hydrogen-bond acceptors (Lipinski definition) is 5. The van der Waals surface area contributed by atoms with Gasteiger partial charge in [0.2, 0.25) is 0 Å². The van der Waals surface area contributed by atoms with Crippen molar-refractivity contribution in [3.63, 3.8) is 0 Å². The van der Waals surface area contributed by atoms with Crippen LogP contribution in [0.1, 0.15) is 6.42 Å². The van der Waals surface area contributed by atoms with Crippen molar-refractivity contribution >= 4 is 5.69 Å². The molecule has 0 amide bonds. The molecule has 0 radical (unpaired) electrons. The van der Waals surface area contributed by atoms with Crippen LogP contribution in [0.5, 0.6) is 17.2 Å². The minimum absolute atomic E-state index is 0.452. The molecule has 1 rings (SSSR count). The van der Waals surface area contributed by atoms with E-state index in [9.17, 15) is 0 Å². The van der Waals surface area contributed by atoms with Gasteiger partial charge in [-0.25, -0.2) is 0 Å². The van der Waals surface area contributed by atoms with Crippen molar-refractivity contribution in [2.24, 2.45) is 0 Å². The molecule has 0 aliphatic heterocycles. The molecule has 0 heterocycles. The van der Waals surface area contributed by atoms with Crippen LogP contribution in [0.3, 0.4) is 0 Å². The van der Waals surface area contributed by atoms with Gasteiger partial charge in [0.25, 0.3) is 0 Å². The Morgan fingerprint density at radius 3 is 2.11 bits per heavy atom. The number of nitriles is 1. The van der Waals surface area contributed by atoms with E-state index in [-0.39, 0.29) is 0 Å². The maximum Gasteiger partial charge on any atom is 0.164 e. The lowest BCUT2D eigenvalue weighted by Gasteiger charge is -2.22. The summed E-state index contributed by atoms with van der Waals surface area (Å²) in [6.07, 6.45) is 0.452. The van der Waals surface area contributed by atoms with E-state index in [2.05, 4.69) is 6.07 Å². The maximum absolute atomic E-state index is 8.62. The Bertz CT molecular complexity index is 441. The standard InChI is InChI=1S/C13H18N2O3/c1-15(7-5-6-14)10-8-12(17-3)13(18-4)9-11(10)16-2/h8-9H,5,7H2,1-4H3. The average Bonchev–Trinajstić information content (AvgIpc) is 2.42. The number of nitrogens with zero attached hydrogens (tertiary/aromatic N) is 2. The van der Waals surface area contributed by atoms with E-state index in [1.54, 1.807) is 27.4 Å². The van der Waals surface area contributed by atoms with Crippen LogP contribution in [0.25, 0.3) is 0 Å². The van der Waals surface area contributed by atoms with Crippen molar-refractivity contribution in [3.8, 4) is 23.3 Å². The summed E-state index contributed by atoms with van der Waals surface area (Å²) in [5.74, 6) is 1.94. The second kappa shape index (κ2) is 6.60. The molecule has 18 heavy (non-hydrogen) atoms. The van der Waals surface area contributed by atoms with E-state index in [0.717, 1.165) is 5.69 Å².